The van der Waals surface area contributed by atoms with Crippen LogP contribution >= 0.6 is 11.6 Å². The van der Waals surface area contributed by atoms with Crippen LogP contribution in [0, 0.1) is 18.2 Å². The molecule has 1 atom stereocenters. The molecule has 1 rings (SSSR count). The highest BCUT2D eigenvalue weighted by Crippen LogP contribution is 2.22. The summed E-state index contributed by atoms with van der Waals surface area (Å²) in [6, 6.07) is 4.71. The van der Waals surface area contributed by atoms with Crippen molar-refractivity contribution in [3.05, 3.63) is 34.6 Å². The van der Waals surface area contributed by atoms with E-state index in [2.05, 4.69) is 11.2 Å². The van der Waals surface area contributed by atoms with Crippen LogP contribution in [0.25, 0.3) is 0 Å². The molecular formula is C12H13ClFN. The molecule has 0 bridgehead atoms. The molecule has 1 aromatic carbocycles. The Morgan fingerprint density at radius 3 is 2.87 bits per heavy atom. The van der Waals surface area contributed by atoms with Crippen molar-refractivity contribution < 1.29 is 4.39 Å². The van der Waals surface area contributed by atoms with Gasteiger partial charge in [-0.3, -0.25) is 0 Å². The molecule has 1 unspecified atom stereocenters. The minimum Gasteiger partial charge on any atom is -0.309 e. The standard InChI is InChI=1S/C12H13ClFN/c1-3-5-12(15-4-2)9-6-7-11(14)10(13)8-9/h1,6-8,12,15H,4-5H2,2H3. The van der Waals surface area contributed by atoms with Gasteiger partial charge in [0.05, 0.1) is 5.02 Å². The van der Waals surface area contributed by atoms with Crippen LogP contribution in [-0.2, 0) is 0 Å². The lowest BCUT2D eigenvalue weighted by Gasteiger charge is -2.15. The van der Waals surface area contributed by atoms with E-state index >= 15 is 0 Å². The highest BCUT2D eigenvalue weighted by molar-refractivity contribution is 6.30. The number of hydrogen-bond donors (Lipinski definition) is 1. The first-order chi connectivity index (χ1) is 7.19. The van der Waals surface area contributed by atoms with Gasteiger partial charge in [-0.25, -0.2) is 4.39 Å². The maximum Gasteiger partial charge on any atom is 0.141 e. The fraction of sp³-hybridized carbons (Fsp3) is 0.333. The van der Waals surface area contributed by atoms with Crippen molar-refractivity contribution in [2.24, 2.45) is 0 Å². The van der Waals surface area contributed by atoms with Crippen molar-refractivity contribution in [2.75, 3.05) is 6.54 Å². The molecule has 0 aliphatic heterocycles. The summed E-state index contributed by atoms with van der Waals surface area (Å²) in [5.41, 5.74) is 0.918. The first-order valence-corrected chi connectivity index (χ1v) is 5.18. The third-order valence-corrected chi connectivity index (χ3v) is 2.41. The van der Waals surface area contributed by atoms with Crippen molar-refractivity contribution in [3.8, 4) is 12.3 Å². The van der Waals surface area contributed by atoms with Crippen LogP contribution in [0.1, 0.15) is 24.9 Å². The Hall–Kier alpha value is -1.04. The van der Waals surface area contributed by atoms with E-state index in [9.17, 15) is 4.39 Å². The van der Waals surface area contributed by atoms with Crippen LogP contribution < -0.4 is 5.32 Å². The van der Waals surface area contributed by atoms with Gasteiger partial charge in [0, 0.05) is 12.5 Å². The highest BCUT2D eigenvalue weighted by atomic mass is 35.5. The third kappa shape index (κ3) is 3.23. The lowest BCUT2D eigenvalue weighted by Crippen LogP contribution is -2.20. The van der Waals surface area contributed by atoms with Gasteiger partial charge in [0.1, 0.15) is 5.82 Å². The minimum absolute atomic E-state index is 0.0399. The van der Waals surface area contributed by atoms with Crippen molar-refractivity contribution in [1.29, 1.82) is 0 Å². The number of benzene rings is 1. The van der Waals surface area contributed by atoms with E-state index in [1.807, 2.05) is 6.92 Å². The number of nitrogens with one attached hydrogen (secondary N) is 1. The smallest absolute Gasteiger partial charge is 0.141 e. The molecule has 0 heterocycles. The normalized spacial score (nSPS) is 12.1. The summed E-state index contributed by atoms with van der Waals surface area (Å²) in [7, 11) is 0. The van der Waals surface area contributed by atoms with E-state index in [0.29, 0.717) is 6.42 Å². The molecule has 0 fully saturated rings. The number of terminal acetylenes is 1. The zero-order valence-corrected chi connectivity index (χ0v) is 9.31. The van der Waals surface area contributed by atoms with E-state index in [1.54, 1.807) is 12.1 Å². The zero-order valence-electron chi connectivity index (χ0n) is 8.56. The molecule has 0 aliphatic rings. The summed E-state index contributed by atoms with van der Waals surface area (Å²) < 4.78 is 12.9. The van der Waals surface area contributed by atoms with Gasteiger partial charge in [0.2, 0.25) is 0 Å². The van der Waals surface area contributed by atoms with Crippen molar-refractivity contribution in [2.45, 2.75) is 19.4 Å². The van der Waals surface area contributed by atoms with Gasteiger partial charge < -0.3 is 5.32 Å². The van der Waals surface area contributed by atoms with Crippen molar-refractivity contribution in [3.63, 3.8) is 0 Å². The monoisotopic (exact) mass is 225 g/mol. The third-order valence-electron chi connectivity index (χ3n) is 2.12. The summed E-state index contributed by atoms with van der Waals surface area (Å²) in [5, 5.41) is 3.35. The predicted octanol–water partition coefficient (Wildman–Crippen LogP) is 3.15. The molecule has 0 saturated carbocycles. The van der Waals surface area contributed by atoms with E-state index in [1.165, 1.54) is 6.07 Å². The second-order valence-electron chi connectivity index (χ2n) is 3.19. The predicted molar refractivity (Wildman–Crippen MR) is 61.3 cm³/mol. The van der Waals surface area contributed by atoms with E-state index in [-0.39, 0.29) is 11.1 Å². The van der Waals surface area contributed by atoms with E-state index in [4.69, 9.17) is 18.0 Å². The van der Waals surface area contributed by atoms with Crippen LogP contribution in [0.5, 0.6) is 0 Å². The Balaban J connectivity index is 2.91. The number of halogens is 2. The molecule has 0 aliphatic carbocycles. The van der Waals surface area contributed by atoms with Crippen LogP contribution in [-0.4, -0.2) is 6.54 Å². The van der Waals surface area contributed by atoms with Crippen molar-refractivity contribution in [1.82, 2.24) is 5.32 Å². The molecule has 3 heteroatoms. The molecule has 0 amide bonds. The Kier molecular flexibility index (Phi) is 4.61. The van der Waals surface area contributed by atoms with Crippen LogP contribution in [0.4, 0.5) is 4.39 Å². The molecular weight excluding hydrogens is 213 g/mol. The number of hydrogen-bond acceptors (Lipinski definition) is 1. The average molecular weight is 226 g/mol. The molecule has 15 heavy (non-hydrogen) atoms. The maximum atomic E-state index is 12.9. The van der Waals surface area contributed by atoms with Gasteiger partial charge in [0.25, 0.3) is 0 Å². The molecule has 1 nitrogen and oxygen atoms in total. The quantitative estimate of drug-likeness (QED) is 0.777. The average Bonchev–Trinajstić information content (AvgIpc) is 2.22. The highest BCUT2D eigenvalue weighted by Gasteiger charge is 2.10. The summed E-state index contributed by atoms with van der Waals surface area (Å²) in [5.74, 6) is 2.18. The Labute approximate surface area is 94.6 Å². The molecule has 1 aromatic rings. The summed E-state index contributed by atoms with van der Waals surface area (Å²) >= 11 is 5.70. The van der Waals surface area contributed by atoms with Gasteiger partial charge in [-0.15, -0.1) is 12.3 Å². The molecule has 1 N–H and O–H groups in total. The molecule has 0 spiro atoms. The second kappa shape index (κ2) is 5.75. The summed E-state index contributed by atoms with van der Waals surface area (Å²) in [4.78, 5) is 0. The fourth-order valence-corrected chi connectivity index (χ4v) is 1.59. The topological polar surface area (TPSA) is 12.0 Å². The van der Waals surface area contributed by atoms with Crippen LogP contribution in [0.3, 0.4) is 0 Å². The maximum absolute atomic E-state index is 12.9. The molecule has 0 aromatic heterocycles. The lowest BCUT2D eigenvalue weighted by molar-refractivity contribution is 0.562. The fourth-order valence-electron chi connectivity index (χ4n) is 1.40. The van der Waals surface area contributed by atoms with Gasteiger partial charge >= 0.3 is 0 Å². The molecule has 80 valence electrons. The van der Waals surface area contributed by atoms with Gasteiger partial charge in [-0.05, 0) is 24.2 Å². The summed E-state index contributed by atoms with van der Waals surface area (Å²) in [6.45, 7) is 2.80. The second-order valence-corrected chi connectivity index (χ2v) is 3.60. The van der Waals surface area contributed by atoms with Gasteiger partial charge in [-0.1, -0.05) is 24.6 Å². The minimum atomic E-state index is -0.406. The Morgan fingerprint density at radius 1 is 1.60 bits per heavy atom. The SMILES string of the molecule is C#CCC(NCC)c1ccc(F)c(Cl)c1. The van der Waals surface area contributed by atoms with Crippen LogP contribution in [0.15, 0.2) is 18.2 Å². The summed E-state index contributed by atoms with van der Waals surface area (Å²) in [6.07, 6.45) is 5.83. The first-order valence-electron chi connectivity index (χ1n) is 4.80. The Morgan fingerprint density at radius 2 is 2.33 bits per heavy atom. The molecule has 0 saturated heterocycles. The molecule has 0 radical (unpaired) electrons. The first kappa shape index (κ1) is 12.0. The van der Waals surface area contributed by atoms with Crippen LogP contribution in [0.2, 0.25) is 5.02 Å². The number of rotatable bonds is 4. The Bertz CT molecular complexity index is 370. The van der Waals surface area contributed by atoms with Gasteiger partial charge in [-0.2, -0.15) is 0 Å². The zero-order chi connectivity index (χ0) is 11.3. The van der Waals surface area contributed by atoms with E-state index < -0.39 is 5.82 Å². The largest absolute Gasteiger partial charge is 0.309 e. The van der Waals surface area contributed by atoms with Crippen molar-refractivity contribution >= 4 is 11.6 Å². The lowest BCUT2D eigenvalue weighted by atomic mass is 10.0. The van der Waals surface area contributed by atoms with Gasteiger partial charge in [0.15, 0.2) is 0 Å². The van der Waals surface area contributed by atoms with E-state index in [0.717, 1.165) is 12.1 Å².